The number of nitrogens with zero attached hydrogens (tertiary/aromatic N) is 9. The average molecular weight is 817 g/mol. The molecule has 2 aliphatic rings. The van der Waals surface area contributed by atoms with Crippen LogP contribution in [0.3, 0.4) is 0 Å². The molecular weight excluding hydrogens is 783 g/mol. The SMILES string of the molecule is COc1nc(Nc2ccc(/C=C/c3ccc(N(C)c4nc(OC)nc(N5CCOCC5)n4)cc3S(=O)(=O)[O-])c(SOO[O-])c2)nc(N2CCOCC2)n1.[Na+].[Na+]. The molecule has 6 rings (SSSR count). The van der Waals surface area contributed by atoms with Gasteiger partial charge in [-0.2, -0.15) is 34.2 Å². The zero-order valence-corrected chi connectivity index (χ0v) is 36.3. The molecule has 0 atom stereocenters. The van der Waals surface area contributed by atoms with Crippen LogP contribution in [0.15, 0.2) is 46.2 Å². The molecule has 0 bridgehead atoms. The molecule has 0 spiro atoms. The molecule has 2 aliphatic heterocycles. The summed E-state index contributed by atoms with van der Waals surface area (Å²) >= 11 is 0.616. The maximum absolute atomic E-state index is 12.5. The first kappa shape index (κ1) is 44.8. The van der Waals surface area contributed by atoms with E-state index in [0.29, 0.717) is 98.4 Å². The Morgan fingerprint density at radius 1 is 0.818 bits per heavy atom. The summed E-state index contributed by atoms with van der Waals surface area (Å²) in [5.74, 6) is 1.14. The second-order valence-corrected chi connectivity index (χ2v) is 13.3. The Morgan fingerprint density at radius 3 is 2.00 bits per heavy atom. The molecule has 0 saturated carbocycles. The molecule has 2 fully saturated rings. The van der Waals surface area contributed by atoms with Gasteiger partial charge in [0.2, 0.25) is 23.8 Å². The van der Waals surface area contributed by atoms with Crippen LogP contribution in [0, 0.1) is 0 Å². The van der Waals surface area contributed by atoms with E-state index in [1.807, 2.05) is 9.80 Å². The van der Waals surface area contributed by atoms with Gasteiger partial charge in [-0.3, -0.25) is 5.04 Å². The quantitative estimate of drug-likeness (QED) is 0.0316. The molecule has 4 aromatic rings. The Kier molecular flexibility index (Phi) is 17.1. The monoisotopic (exact) mass is 816 g/mol. The zero-order valence-electron chi connectivity index (χ0n) is 30.7. The zero-order chi connectivity index (χ0) is 37.4. The predicted octanol–water partition coefficient (Wildman–Crippen LogP) is -4.43. The van der Waals surface area contributed by atoms with Gasteiger partial charge in [-0.15, -0.1) is 0 Å². The van der Waals surface area contributed by atoms with Crippen molar-refractivity contribution in [2.45, 2.75) is 9.79 Å². The maximum atomic E-state index is 12.5. The molecule has 0 unspecified atom stereocenters. The van der Waals surface area contributed by atoms with Crippen LogP contribution in [-0.2, 0) is 29.0 Å². The number of hydrogen-bond acceptors (Lipinski definition) is 21. The molecule has 282 valence electrons. The van der Waals surface area contributed by atoms with Gasteiger partial charge in [-0.25, -0.2) is 8.42 Å². The van der Waals surface area contributed by atoms with Crippen LogP contribution in [0.5, 0.6) is 12.0 Å². The van der Waals surface area contributed by atoms with Gasteiger partial charge in [0, 0.05) is 49.5 Å². The summed E-state index contributed by atoms with van der Waals surface area (Å²) in [4.78, 5) is 31.6. The molecule has 0 radical (unpaired) electrons. The molecule has 2 aromatic heterocycles. The summed E-state index contributed by atoms with van der Waals surface area (Å²) in [5.41, 5.74) is 1.41. The number of benzene rings is 2. The van der Waals surface area contributed by atoms with E-state index in [9.17, 15) is 18.2 Å². The van der Waals surface area contributed by atoms with Crippen molar-refractivity contribution in [3.63, 3.8) is 0 Å². The van der Waals surface area contributed by atoms with Gasteiger partial charge < -0.3 is 48.8 Å². The van der Waals surface area contributed by atoms with Crippen molar-refractivity contribution in [2.75, 3.05) is 93.9 Å². The minimum Gasteiger partial charge on any atom is -0.744 e. The van der Waals surface area contributed by atoms with Crippen LogP contribution < -0.4 is 93.9 Å². The fraction of sp³-hybridized carbons (Fsp3) is 0.355. The van der Waals surface area contributed by atoms with E-state index in [4.69, 9.17) is 18.9 Å². The van der Waals surface area contributed by atoms with E-state index >= 15 is 0 Å². The normalized spacial score (nSPS) is 14.6. The van der Waals surface area contributed by atoms with Gasteiger partial charge >= 0.3 is 71.1 Å². The molecule has 0 aliphatic carbocycles. The predicted molar refractivity (Wildman–Crippen MR) is 188 cm³/mol. The van der Waals surface area contributed by atoms with Crippen molar-refractivity contribution < 1.29 is 106 Å². The molecule has 20 nitrogen and oxygen atoms in total. The molecule has 0 amide bonds. The fourth-order valence-electron chi connectivity index (χ4n) is 5.26. The molecule has 2 saturated heterocycles. The van der Waals surface area contributed by atoms with Crippen LogP contribution in [-0.4, -0.2) is 117 Å². The summed E-state index contributed by atoms with van der Waals surface area (Å²) in [7, 11) is -0.472. The van der Waals surface area contributed by atoms with Gasteiger partial charge in [-0.05, 0) is 35.4 Å². The standard InChI is InChI=1S/C31H36N10O10S2.2Na/c1-39(27-35-29(38-31(36-27)47-3)41-12-16-49-17-13-41)23-9-7-21(25(19-23)53(43,44)45)5-4-20-6-8-22(18-24(20)52-51-50-42)32-26-33-28(37-30(34-26)46-2)40-10-14-48-15-11-40;;/h4-9,18-19,42H,10-17H2,1-3H3,(H,43,44,45)(H,32,33,34,37);;/q;2*+1/p-2/b5-4+;;. The van der Waals surface area contributed by atoms with E-state index < -0.39 is 15.0 Å². The molecule has 55 heavy (non-hydrogen) atoms. The van der Waals surface area contributed by atoms with Gasteiger partial charge in [0.25, 0.3) is 0 Å². The van der Waals surface area contributed by atoms with Gasteiger partial charge in [0.1, 0.15) is 10.1 Å². The van der Waals surface area contributed by atoms with E-state index in [0.717, 1.165) is 0 Å². The number of morpholine rings is 2. The van der Waals surface area contributed by atoms with Crippen molar-refractivity contribution in [3.8, 4) is 12.0 Å². The van der Waals surface area contributed by atoms with Crippen LogP contribution in [0.25, 0.3) is 12.2 Å². The Morgan fingerprint density at radius 2 is 1.40 bits per heavy atom. The molecule has 1 N–H and O–H groups in total. The number of nitrogens with one attached hydrogen (secondary N) is 1. The Hall–Kier alpha value is -2.94. The fourth-order valence-corrected chi connectivity index (χ4v) is 6.46. The second-order valence-electron chi connectivity index (χ2n) is 11.2. The summed E-state index contributed by atoms with van der Waals surface area (Å²) in [6.07, 6.45) is 3.01. The molecule has 4 heterocycles. The van der Waals surface area contributed by atoms with Crippen LogP contribution in [0.2, 0.25) is 0 Å². The van der Waals surface area contributed by atoms with Crippen LogP contribution in [0.1, 0.15) is 11.1 Å². The van der Waals surface area contributed by atoms with Crippen molar-refractivity contribution in [2.24, 2.45) is 0 Å². The van der Waals surface area contributed by atoms with E-state index in [1.54, 1.807) is 37.4 Å². The van der Waals surface area contributed by atoms with Crippen LogP contribution >= 0.6 is 12.0 Å². The minimum absolute atomic E-state index is 0. The van der Waals surface area contributed by atoms with E-state index in [1.165, 1.54) is 37.3 Å². The number of hydrogen-bond donors (Lipinski definition) is 1. The maximum Gasteiger partial charge on any atom is 1.00 e. The number of anilines is 6. The van der Waals surface area contributed by atoms with Gasteiger partial charge in [0.05, 0.1) is 57.6 Å². The molecular formula is C31H34N10Na2O10S2. The largest absolute Gasteiger partial charge is 1.00 e. The summed E-state index contributed by atoms with van der Waals surface area (Å²) in [6.45, 7) is 4.40. The third-order valence-corrected chi connectivity index (χ3v) is 9.51. The Bertz CT molecular complexity index is 2050. The molecule has 2 aromatic carbocycles. The first-order valence-corrected chi connectivity index (χ1v) is 18.1. The van der Waals surface area contributed by atoms with Crippen molar-refractivity contribution >= 4 is 69.5 Å². The van der Waals surface area contributed by atoms with Gasteiger partial charge in [0.15, 0.2) is 0 Å². The average Bonchev–Trinajstić information content (AvgIpc) is 3.19. The van der Waals surface area contributed by atoms with Crippen molar-refractivity contribution in [1.29, 1.82) is 0 Å². The van der Waals surface area contributed by atoms with Crippen LogP contribution in [0.4, 0.5) is 35.2 Å². The summed E-state index contributed by atoms with van der Waals surface area (Å²) < 4.78 is 63.6. The smallest absolute Gasteiger partial charge is 0.744 e. The third kappa shape index (κ3) is 11.8. The van der Waals surface area contributed by atoms with E-state index in [-0.39, 0.29) is 88.6 Å². The third-order valence-electron chi connectivity index (χ3n) is 7.96. The number of rotatable bonds is 14. The number of ether oxygens (including phenoxy) is 4. The minimum atomic E-state index is -4.97. The Labute approximate surface area is 365 Å². The number of aromatic nitrogens is 6. The second kappa shape index (κ2) is 21.0. The summed E-state index contributed by atoms with van der Waals surface area (Å²) in [6, 6.07) is 9.50. The van der Waals surface area contributed by atoms with E-state index in [2.05, 4.69) is 44.6 Å². The first-order chi connectivity index (χ1) is 25.6. The first-order valence-electron chi connectivity index (χ1n) is 16.0. The van der Waals surface area contributed by atoms with Crippen molar-refractivity contribution in [1.82, 2.24) is 29.9 Å². The number of methoxy groups -OCH3 is 2. The summed E-state index contributed by atoms with van der Waals surface area (Å²) in [5, 5.41) is 17.4. The topological polar surface area (TPSA) is 235 Å². The van der Waals surface area contributed by atoms with Gasteiger partial charge in [-0.1, -0.05) is 24.3 Å². The molecule has 24 heteroatoms. The Balaban J connectivity index is 0.00000336. The van der Waals surface area contributed by atoms with Crippen molar-refractivity contribution in [3.05, 3.63) is 47.5 Å².